The fourth-order valence-corrected chi connectivity index (χ4v) is 5.10. The van der Waals surface area contributed by atoms with E-state index in [4.69, 9.17) is 4.74 Å². The lowest BCUT2D eigenvalue weighted by Crippen LogP contribution is -2.33. The van der Waals surface area contributed by atoms with Gasteiger partial charge in [-0.05, 0) is 34.3 Å². The molecule has 3 aliphatic heterocycles. The first-order valence-corrected chi connectivity index (χ1v) is 10.7. The normalized spacial score (nSPS) is 29.7. The quantitative estimate of drug-likeness (QED) is 0.549. The van der Waals surface area contributed by atoms with Gasteiger partial charge in [0.15, 0.2) is 0 Å². The van der Waals surface area contributed by atoms with Crippen LogP contribution in [0.25, 0.3) is 0 Å². The predicted molar refractivity (Wildman–Crippen MR) is 113 cm³/mol. The second-order valence-corrected chi connectivity index (χ2v) is 11.2. The van der Waals surface area contributed by atoms with Crippen molar-refractivity contribution < 1.29 is 14.3 Å². The van der Waals surface area contributed by atoms with E-state index in [-0.39, 0.29) is 46.7 Å². The predicted octanol–water partition coefficient (Wildman–Crippen LogP) is 4.69. The van der Waals surface area contributed by atoms with Crippen molar-refractivity contribution in [2.45, 2.75) is 72.6 Å². The van der Waals surface area contributed by atoms with E-state index in [9.17, 15) is 9.59 Å². The molecular formula is C25H33NO3. The molecule has 2 saturated heterocycles. The molecule has 3 heterocycles. The minimum absolute atomic E-state index is 0.0822. The Morgan fingerprint density at radius 2 is 1.41 bits per heavy atom. The SMILES string of the molecule is CC(C)(C)CC(c1ccc(CN2C(=O)C3C4C=CC(O4)C3C2=O)cc1)C(C)(C)C. The van der Waals surface area contributed by atoms with Crippen LogP contribution in [0.3, 0.4) is 0 Å². The second kappa shape index (κ2) is 6.80. The van der Waals surface area contributed by atoms with Gasteiger partial charge in [-0.15, -0.1) is 0 Å². The van der Waals surface area contributed by atoms with E-state index in [0.29, 0.717) is 12.5 Å². The van der Waals surface area contributed by atoms with E-state index < -0.39 is 0 Å². The van der Waals surface area contributed by atoms with Gasteiger partial charge >= 0.3 is 0 Å². The molecule has 2 amide bonds. The molecule has 0 N–H and O–H groups in total. The maximum absolute atomic E-state index is 12.8. The number of imide groups is 1. The van der Waals surface area contributed by atoms with Gasteiger partial charge in [0.05, 0.1) is 30.6 Å². The molecule has 3 aliphatic rings. The van der Waals surface area contributed by atoms with Crippen LogP contribution in [-0.2, 0) is 20.9 Å². The smallest absolute Gasteiger partial charge is 0.236 e. The monoisotopic (exact) mass is 395 g/mol. The summed E-state index contributed by atoms with van der Waals surface area (Å²) >= 11 is 0. The number of fused-ring (bicyclic) bond motifs is 5. The highest BCUT2D eigenvalue weighted by atomic mass is 16.5. The molecule has 0 saturated carbocycles. The van der Waals surface area contributed by atoms with Crippen LogP contribution in [0.5, 0.6) is 0 Å². The molecule has 1 aromatic carbocycles. The van der Waals surface area contributed by atoms with E-state index in [1.54, 1.807) is 0 Å². The van der Waals surface area contributed by atoms with Crippen molar-refractivity contribution in [2.75, 3.05) is 0 Å². The second-order valence-electron chi connectivity index (χ2n) is 11.2. The van der Waals surface area contributed by atoms with E-state index >= 15 is 0 Å². The summed E-state index contributed by atoms with van der Waals surface area (Å²) < 4.78 is 5.71. The number of likely N-dealkylation sites (tertiary alicyclic amines) is 1. The van der Waals surface area contributed by atoms with Crippen LogP contribution in [0, 0.1) is 22.7 Å². The van der Waals surface area contributed by atoms with Crippen molar-refractivity contribution in [3.8, 4) is 0 Å². The van der Waals surface area contributed by atoms with Crippen molar-refractivity contribution in [3.63, 3.8) is 0 Å². The lowest BCUT2D eigenvalue weighted by Gasteiger charge is -2.36. The summed E-state index contributed by atoms with van der Waals surface area (Å²) in [6.45, 7) is 14.1. The number of rotatable bonds is 4. The van der Waals surface area contributed by atoms with Gasteiger partial charge in [0, 0.05) is 0 Å². The molecule has 0 aliphatic carbocycles. The molecule has 0 aromatic heterocycles. The van der Waals surface area contributed by atoms with Crippen molar-refractivity contribution >= 4 is 11.8 Å². The van der Waals surface area contributed by atoms with Crippen LogP contribution in [-0.4, -0.2) is 28.9 Å². The molecule has 5 unspecified atom stereocenters. The van der Waals surface area contributed by atoms with Crippen molar-refractivity contribution in [1.29, 1.82) is 0 Å². The Morgan fingerprint density at radius 3 is 1.86 bits per heavy atom. The van der Waals surface area contributed by atoms with Gasteiger partial charge < -0.3 is 4.74 Å². The Bertz CT molecular complexity index is 810. The van der Waals surface area contributed by atoms with Crippen LogP contribution in [0.2, 0.25) is 0 Å². The molecule has 5 atom stereocenters. The first kappa shape index (κ1) is 20.3. The fourth-order valence-electron chi connectivity index (χ4n) is 5.10. The minimum atomic E-state index is -0.325. The number of benzene rings is 1. The molecule has 4 heteroatoms. The molecule has 0 spiro atoms. The maximum atomic E-state index is 12.8. The van der Waals surface area contributed by atoms with E-state index in [1.807, 2.05) is 12.2 Å². The average Bonchev–Trinajstić information content (AvgIpc) is 3.29. The highest BCUT2D eigenvalue weighted by Gasteiger charge is 2.60. The van der Waals surface area contributed by atoms with E-state index in [0.717, 1.165) is 12.0 Å². The number of amides is 2. The third kappa shape index (κ3) is 3.68. The molecule has 0 radical (unpaired) electrons. The van der Waals surface area contributed by atoms with E-state index in [2.05, 4.69) is 65.8 Å². The molecule has 156 valence electrons. The Kier molecular flexibility index (Phi) is 4.77. The average molecular weight is 396 g/mol. The first-order chi connectivity index (χ1) is 13.5. The molecule has 2 fully saturated rings. The molecule has 2 bridgehead atoms. The molecule has 29 heavy (non-hydrogen) atoms. The molecular weight excluding hydrogens is 362 g/mol. The standard InChI is InChI=1S/C25H33NO3/c1-24(2,3)13-17(25(4,5)6)16-9-7-15(8-10-16)14-26-22(27)20-18-11-12-19(29-18)21(20)23(26)28/h7-12,17-21H,13-14H2,1-6H3. The minimum Gasteiger partial charge on any atom is -0.365 e. The highest BCUT2D eigenvalue weighted by molar-refractivity contribution is 6.06. The zero-order chi connectivity index (χ0) is 21.1. The Balaban J connectivity index is 1.50. The number of carbonyl (C=O) groups excluding carboxylic acids is 2. The van der Waals surface area contributed by atoms with Gasteiger partial charge in [-0.1, -0.05) is 78.0 Å². The number of hydrogen-bond donors (Lipinski definition) is 0. The Labute approximate surface area is 174 Å². The Hall–Kier alpha value is -1.94. The number of carbonyl (C=O) groups is 2. The summed E-state index contributed by atoms with van der Waals surface area (Å²) in [4.78, 5) is 27.1. The Morgan fingerprint density at radius 1 is 0.897 bits per heavy atom. The van der Waals surface area contributed by atoms with Crippen LogP contribution >= 0.6 is 0 Å². The summed E-state index contributed by atoms with van der Waals surface area (Å²) in [5.74, 6) is -0.366. The van der Waals surface area contributed by atoms with Gasteiger partial charge in [0.2, 0.25) is 11.8 Å². The zero-order valence-corrected chi connectivity index (χ0v) is 18.4. The first-order valence-electron chi connectivity index (χ1n) is 10.7. The lowest BCUT2D eigenvalue weighted by molar-refractivity contribution is -0.143. The number of hydrogen-bond acceptors (Lipinski definition) is 3. The third-order valence-corrected chi connectivity index (χ3v) is 6.59. The summed E-state index contributed by atoms with van der Waals surface area (Å²) in [7, 11) is 0. The molecule has 1 aromatic rings. The topological polar surface area (TPSA) is 46.6 Å². The summed E-state index contributed by atoms with van der Waals surface area (Å²) in [6.07, 6.45) is 4.52. The largest absolute Gasteiger partial charge is 0.365 e. The van der Waals surface area contributed by atoms with E-state index in [1.165, 1.54) is 10.5 Å². The van der Waals surface area contributed by atoms with Gasteiger partial charge in [-0.3, -0.25) is 14.5 Å². The van der Waals surface area contributed by atoms with Crippen LogP contribution < -0.4 is 0 Å². The van der Waals surface area contributed by atoms with Gasteiger partial charge in [0.1, 0.15) is 0 Å². The van der Waals surface area contributed by atoms with Gasteiger partial charge in [-0.25, -0.2) is 0 Å². The van der Waals surface area contributed by atoms with Crippen LogP contribution in [0.15, 0.2) is 36.4 Å². The molecule has 4 nitrogen and oxygen atoms in total. The van der Waals surface area contributed by atoms with Crippen LogP contribution in [0.4, 0.5) is 0 Å². The number of nitrogens with zero attached hydrogens (tertiary/aromatic N) is 1. The summed E-state index contributed by atoms with van der Waals surface area (Å²) in [6, 6.07) is 8.51. The summed E-state index contributed by atoms with van der Waals surface area (Å²) in [5.41, 5.74) is 2.74. The van der Waals surface area contributed by atoms with Crippen molar-refractivity contribution in [2.24, 2.45) is 22.7 Å². The summed E-state index contributed by atoms with van der Waals surface area (Å²) in [5, 5.41) is 0. The van der Waals surface area contributed by atoms with Crippen molar-refractivity contribution in [3.05, 3.63) is 47.5 Å². The lowest BCUT2D eigenvalue weighted by atomic mass is 9.69. The highest BCUT2D eigenvalue weighted by Crippen LogP contribution is 2.46. The van der Waals surface area contributed by atoms with Crippen LogP contribution in [0.1, 0.15) is 65.0 Å². The zero-order valence-electron chi connectivity index (χ0n) is 18.4. The van der Waals surface area contributed by atoms with Gasteiger partial charge in [0.25, 0.3) is 0 Å². The molecule has 4 rings (SSSR count). The fraction of sp³-hybridized carbons (Fsp3) is 0.600. The van der Waals surface area contributed by atoms with Gasteiger partial charge in [-0.2, -0.15) is 0 Å². The number of ether oxygens (including phenoxy) is 1. The third-order valence-electron chi connectivity index (χ3n) is 6.59. The maximum Gasteiger partial charge on any atom is 0.236 e. The van der Waals surface area contributed by atoms with Crippen molar-refractivity contribution in [1.82, 2.24) is 4.90 Å².